The molecule has 0 fully saturated rings. The molecule has 31 heavy (non-hydrogen) atoms. The molecule has 3 aromatic rings. The van der Waals surface area contributed by atoms with Crippen LogP contribution in [0, 0.1) is 0 Å². The molecule has 0 unspecified atom stereocenters. The number of carbonyl (C=O) groups is 1. The zero-order valence-corrected chi connectivity index (χ0v) is 18.2. The van der Waals surface area contributed by atoms with E-state index < -0.39 is 9.84 Å². The molecule has 3 aromatic carbocycles. The minimum Gasteiger partial charge on any atom is -0.339 e. The zero-order chi connectivity index (χ0) is 21.8. The number of hydrogen-bond donors (Lipinski definition) is 2. The normalized spacial score (nSPS) is 12.9. The monoisotopic (exact) mass is 436 g/mol. The number of benzene rings is 3. The Kier molecular flexibility index (Phi) is 6.06. The fraction of sp³-hybridized carbons (Fsp3) is 0.208. The highest BCUT2D eigenvalue weighted by molar-refractivity contribution is 7.90. The predicted octanol–water partition coefficient (Wildman–Crippen LogP) is 2.90. The Hall–Kier alpha value is -3.16. The van der Waals surface area contributed by atoms with Crippen LogP contribution in [0.2, 0.25) is 0 Å². The van der Waals surface area contributed by atoms with Crippen LogP contribution in [-0.2, 0) is 35.2 Å². The van der Waals surface area contributed by atoms with Gasteiger partial charge in [-0.1, -0.05) is 42.5 Å². The quantitative estimate of drug-likeness (QED) is 0.623. The number of nitrogens with two attached hydrogens (primary N) is 1. The van der Waals surface area contributed by atoms with E-state index in [1.807, 2.05) is 48.5 Å². The summed E-state index contributed by atoms with van der Waals surface area (Å²) in [6, 6.07) is 21.7. The molecule has 0 saturated heterocycles. The highest BCUT2D eigenvalue weighted by Gasteiger charge is 2.19. The summed E-state index contributed by atoms with van der Waals surface area (Å²) in [5.41, 5.74) is 4.88. The van der Waals surface area contributed by atoms with Gasteiger partial charge in [0.05, 0.1) is 10.6 Å². The molecule has 0 atom stereocenters. The van der Waals surface area contributed by atoms with Crippen molar-refractivity contribution >= 4 is 21.6 Å². The Morgan fingerprint density at radius 2 is 1.65 bits per heavy atom. The van der Waals surface area contributed by atoms with E-state index in [0.29, 0.717) is 12.2 Å². The molecule has 0 saturated carbocycles. The third-order valence-electron chi connectivity index (χ3n) is 5.43. The first-order valence-corrected chi connectivity index (χ1v) is 11.9. The van der Waals surface area contributed by atoms with E-state index in [2.05, 4.69) is 10.6 Å². The van der Waals surface area contributed by atoms with Crippen LogP contribution in [0.15, 0.2) is 77.7 Å². The van der Waals surface area contributed by atoms with Crippen LogP contribution in [0.1, 0.15) is 22.3 Å². The predicted molar refractivity (Wildman–Crippen MR) is 120 cm³/mol. The van der Waals surface area contributed by atoms with Crippen LogP contribution in [0.25, 0.3) is 0 Å². The van der Waals surface area contributed by atoms with Crippen molar-refractivity contribution in [1.29, 1.82) is 0 Å². The minimum absolute atomic E-state index is 0.0359. The summed E-state index contributed by atoms with van der Waals surface area (Å²) in [4.78, 5) is 14.2. The average Bonchev–Trinajstić information content (AvgIpc) is 3.22. The second-order valence-electron chi connectivity index (χ2n) is 7.86. The van der Waals surface area contributed by atoms with Gasteiger partial charge in [0.2, 0.25) is 0 Å². The number of urea groups is 1. The van der Waals surface area contributed by atoms with E-state index >= 15 is 0 Å². The van der Waals surface area contributed by atoms with Crippen molar-refractivity contribution < 1.29 is 18.5 Å². The molecular weight excluding hydrogens is 410 g/mol. The van der Waals surface area contributed by atoms with Gasteiger partial charge in [-0.2, -0.15) is 0 Å². The lowest BCUT2D eigenvalue weighted by Gasteiger charge is -2.18. The first kappa shape index (κ1) is 21.1. The van der Waals surface area contributed by atoms with Gasteiger partial charge in [0.15, 0.2) is 9.84 Å². The summed E-state index contributed by atoms with van der Waals surface area (Å²) in [5.74, 6) is -0.0359. The van der Waals surface area contributed by atoms with Gasteiger partial charge < -0.3 is 15.5 Å². The maximum atomic E-state index is 12.8. The number of quaternary nitrogens is 1. The molecule has 1 aliphatic rings. The summed E-state index contributed by atoms with van der Waals surface area (Å²) in [6.07, 6.45) is 0. The topological polar surface area (TPSA) is 83.1 Å². The molecular formula is C24H26N3O3S+. The van der Waals surface area contributed by atoms with Crippen molar-refractivity contribution in [1.82, 2.24) is 4.90 Å². The number of nitrogens with one attached hydrogen (secondary N) is 1. The van der Waals surface area contributed by atoms with Crippen molar-refractivity contribution in [2.45, 2.75) is 30.3 Å². The molecule has 1 aliphatic heterocycles. The van der Waals surface area contributed by atoms with Crippen molar-refractivity contribution in [3.63, 3.8) is 0 Å². The summed E-state index contributed by atoms with van der Waals surface area (Å²) in [5, 5.41) is 5.01. The van der Waals surface area contributed by atoms with Gasteiger partial charge in [0, 0.05) is 30.4 Å². The molecule has 6 nitrogen and oxygen atoms in total. The van der Waals surface area contributed by atoms with Crippen LogP contribution < -0.4 is 10.6 Å². The molecule has 3 N–H and O–H groups in total. The first-order chi connectivity index (χ1) is 14.9. The number of amides is 2. The standard InChI is InChI=1S/C24H25N3O3S/c1-27(16-18-5-3-2-4-6-18)24(28)26-22-9-11-23(12-10-22)31(29,30)17-19-7-8-20-14-25-15-21(20)13-19/h2-13,25H,14-17H2,1H3,(H,26,28)/p+1. The number of rotatable bonds is 6. The number of hydrogen-bond acceptors (Lipinski definition) is 3. The smallest absolute Gasteiger partial charge is 0.321 e. The molecule has 0 radical (unpaired) electrons. The molecule has 0 aromatic heterocycles. The highest BCUT2D eigenvalue weighted by Crippen LogP contribution is 2.21. The molecule has 2 amide bonds. The van der Waals surface area contributed by atoms with Crippen LogP contribution >= 0.6 is 0 Å². The number of fused-ring (bicyclic) bond motifs is 1. The Morgan fingerprint density at radius 1 is 0.935 bits per heavy atom. The second kappa shape index (κ2) is 8.91. The Morgan fingerprint density at radius 3 is 2.39 bits per heavy atom. The summed E-state index contributed by atoms with van der Waals surface area (Å²) in [7, 11) is -1.75. The molecule has 7 heteroatoms. The summed E-state index contributed by atoms with van der Waals surface area (Å²) in [6.45, 7) is 2.34. The Labute approximate surface area is 182 Å². The van der Waals surface area contributed by atoms with Gasteiger partial charge in [-0.3, -0.25) is 0 Å². The van der Waals surface area contributed by atoms with Gasteiger partial charge in [0.1, 0.15) is 13.1 Å². The summed E-state index contributed by atoms with van der Waals surface area (Å²) >= 11 is 0. The zero-order valence-electron chi connectivity index (χ0n) is 17.4. The van der Waals surface area contributed by atoms with Gasteiger partial charge >= 0.3 is 6.03 Å². The molecule has 0 aliphatic carbocycles. The Bertz CT molecular complexity index is 1180. The van der Waals surface area contributed by atoms with E-state index in [1.54, 1.807) is 36.2 Å². The SMILES string of the molecule is CN(Cc1ccccc1)C(=O)Nc1ccc(S(=O)(=O)Cc2ccc3c(c2)C[NH2+]C3)cc1. The van der Waals surface area contributed by atoms with Crippen molar-refractivity contribution in [2.24, 2.45) is 0 Å². The first-order valence-electron chi connectivity index (χ1n) is 10.2. The van der Waals surface area contributed by atoms with E-state index in [4.69, 9.17) is 0 Å². The number of anilines is 1. The van der Waals surface area contributed by atoms with E-state index in [0.717, 1.165) is 24.2 Å². The lowest BCUT2D eigenvalue weighted by Crippen LogP contribution is -2.77. The number of sulfone groups is 1. The molecule has 0 bridgehead atoms. The maximum absolute atomic E-state index is 12.8. The van der Waals surface area contributed by atoms with Crippen LogP contribution in [0.3, 0.4) is 0 Å². The van der Waals surface area contributed by atoms with Crippen LogP contribution in [-0.4, -0.2) is 26.4 Å². The third-order valence-corrected chi connectivity index (χ3v) is 7.13. The largest absolute Gasteiger partial charge is 0.339 e. The van der Waals surface area contributed by atoms with Crippen LogP contribution in [0.5, 0.6) is 0 Å². The Balaban J connectivity index is 1.39. The lowest BCUT2D eigenvalue weighted by molar-refractivity contribution is -0.676. The molecule has 4 rings (SSSR count). The highest BCUT2D eigenvalue weighted by atomic mass is 32.2. The molecule has 160 valence electrons. The van der Waals surface area contributed by atoms with E-state index in [9.17, 15) is 13.2 Å². The lowest BCUT2D eigenvalue weighted by atomic mass is 10.1. The van der Waals surface area contributed by atoms with Crippen LogP contribution in [0.4, 0.5) is 10.5 Å². The maximum Gasteiger partial charge on any atom is 0.321 e. The van der Waals surface area contributed by atoms with E-state index in [-0.39, 0.29) is 16.7 Å². The van der Waals surface area contributed by atoms with Crippen molar-refractivity contribution in [3.8, 4) is 0 Å². The fourth-order valence-electron chi connectivity index (χ4n) is 3.74. The summed E-state index contributed by atoms with van der Waals surface area (Å²) < 4.78 is 25.7. The molecule has 1 heterocycles. The van der Waals surface area contributed by atoms with Crippen molar-refractivity contribution in [3.05, 3.63) is 95.1 Å². The van der Waals surface area contributed by atoms with E-state index in [1.165, 1.54) is 11.1 Å². The van der Waals surface area contributed by atoms with Gasteiger partial charge in [0.25, 0.3) is 0 Å². The van der Waals surface area contributed by atoms with Gasteiger partial charge in [-0.15, -0.1) is 0 Å². The minimum atomic E-state index is -3.47. The van der Waals surface area contributed by atoms with Crippen molar-refractivity contribution in [2.75, 3.05) is 12.4 Å². The number of carbonyl (C=O) groups excluding carboxylic acids is 1. The molecule has 0 spiro atoms. The average molecular weight is 437 g/mol. The van der Waals surface area contributed by atoms with Gasteiger partial charge in [-0.25, -0.2) is 13.2 Å². The van der Waals surface area contributed by atoms with Gasteiger partial charge in [-0.05, 0) is 41.5 Å². The third kappa shape index (κ3) is 5.13. The number of nitrogens with zero attached hydrogens (tertiary/aromatic N) is 1. The second-order valence-corrected chi connectivity index (χ2v) is 9.84. The fourth-order valence-corrected chi connectivity index (χ4v) is 5.07.